The van der Waals surface area contributed by atoms with Crippen LogP contribution in [-0.4, -0.2) is 90.2 Å². The Hall–Kier alpha value is -6.83. The Labute approximate surface area is 341 Å². The van der Waals surface area contributed by atoms with E-state index in [1.54, 1.807) is 60.7 Å². The van der Waals surface area contributed by atoms with Crippen LogP contribution in [-0.2, 0) is 47.2 Å². The minimum atomic E-state index is -4.98. The number of ketones is 1. The third kappa shape index (κ3) is 10.0. The Bertz CT molecular complexity index is 2830. The minimum Gasteiger partial charge on any atom is -0.504 e. The van der Waals surface area contributed by atoms with E-state index in [1.165, 1.54) is 18.5 Å². The van der Waals surface area contributed by atoms with Gasteiger partial charge in [0, 0.05) is 29.5 Å². The number of rotatable bonds is 9. The van der Waals surface area contributed by atoms with Gasteiger partial charge >= 0.3 is 5.91 Å². The van der Waals surface area contributed by atoms with Gasteiger partial charge in [0.25, 0.3) is 31.5 Å². The van der Waals surface area contributed by atoms with Gasteiger partial charge in [0.2, 0.25) is 5.78 Å². The number of nitro groups is 1. The molecule has 0 spiro atoms. The predicted octanol–water partition coefficient (Wildman–Crippen LogP) is 3.27. The number of hydrogen-bond donors (Lipinski definition) is 6. The van der Waals surface area contributed by atoms with E-state index in [1.807, 2.05) is 0 Å². The Morgan fingerprint density at radius 3 is 1.98 bits per heavy atom. The number of allylic oxidation sites excluding steroid dienone is 3. The van der Waals surface area contributed by atoms with Gasteiger partial charge in [0.05, 0.1) is 33.4 Å². The zero-order valence-electron chi connectivity index (χ0n) is 29.7. The SMILES string of the molecule is CC1=NN(c2ccccc2)C(=O)C1=NN=C1C=C(N(O)O)C=C(S(=O)(=O)O)C1=O.Cc1[nH]n(-c2ccccc2)c(=O)c1N=Nc1cc([N+](=O)[O-])cc(S(=O)(=O)O)c1O.[Cr]. The van der Waals surface area contributed by atoms with Crippen LogP contribution in [0.1, 0.15) is 12.6 Å². The number of aryl methyl sites for hydroxylation is 1. The molecule has 4 aromatic rings. The maximum atomic E-state index is 12.6. The van der Waals surface area contributed by atoms with E-state index in [4.69, 9.17) is 19.5 Å². The van der Waals surface area contributed by atoms with Gasteiger partial charge in [-0.05, 0) is 50.3 Å². The summed E-state index contributed by atoms with van der Waals surface area (Å²) in [6, 6.07) is 18.2. The Kier molecular flexibility index (Phi) is 13.5. The number of phenols is 1. The molecule has 2 aliphatic rings. The number of Topliss-reactive ketones (excluding diaryl/α,β-unsaturated/α-hetero) is 1. The van der Waals surface area contributed by atoms with Crippen molar-refractivity contribution in [2.45, 2.75) is 18.7 Å². The molecular weight excluding hydrogens is 865 g/mol. The van der Waals surface area contributed by atoms with Gasteiger partial charge in [-0.2, -0.15) is 26.9 Å². The first kappa shape index (κ1) is 44.9. The Morgan fingerprint density at radius 1 is 0.847 bits per heavy atom. The predicted molar refractivity (Wildman–Crippen MR) is 200 cm³/mol. The van der Waals surface area contributed by atoms with Gasteiger partial charge in [0.1, 0.15) is 21.2 Å². The number of phenolic OH excluding ortho intramolecular Hbond substituents is 1. The average Bonchev–Trinajstić information content (AvgIpc) is 3.61. The summed E-state index contributed by atoms with van der Waals surface area (Å²) < 4.78 is 65.0. The normalized spacial score (nSPS) is 15.7. The molecule has 6 rings (SSSR count). The molecule has 59 heavy (non-hydrogen) atoms. The first-order valence-electron chi connectivity index (χ1n) is 15.7. The van der Waals surface area contributed by atoms with Crippen LogP contribution >= 0.6 is 0 Å². The largest absolute Gasteiger partial charge is 0.504 e. The molecule has 0 atom stereocenters. The number of aromatic hydroxyl groups is 1. The molecule has 27 heteroatoms. The van der Waals surface area contributed by atoms with E-state index in [-0.39, 0.29) is 34.5 Å². The summed E-state index contributed by atoms with van der Waals surface area (Å²) in [5.74, 6) is -2.93. The number of benzene rings is 3. The van der Waals surface area contributed by atoms with Crippen LogP contribution in [0, 0.1) is 17.0 Å². The van der Waals surface area contributed by atoms with E-state index in [2.05, 4.69) is 30.6 Å². The third-order valence-electron chi connectivity index (χ3n) is 7.62. The summed E-state index contributed by atoms with van der Waals surface area (Å²) >= 11 is 0. The molecule has 0 bridgehead atoms. The maximum absolute atomic E-state index is 12.6. The number of anilines is 1. The molecule has 0 saturated carbocycles. The van der Waals surface area contributed by atoms with Crippen LogP contribution < -0.4 is 10.6 Å². The van der Waals surface area contributed by atoms with Gasteiger partial charge < -0.3 is 5.11 Å². The van der Waals surface area contributed by atoms with Crippen molar-refractivity contribution in [3.63, 3.8) is 0 Å². The fourth-order valence-electron chi connectivity index (χ4n) is 4.89. The summed E-state index contributed by atoms with van der Waals surface area (Å²) in [4.78, 5) is 45.2. The number of hydrogen-bond acceptors (Lipinski definition) is 18. The summed E-state index contributed by atoms with van der Waals surface area (Å²) in [6.45, 7) is 3.02. The summed E-state index contributed by atoms with van der Waals surface area (Å²) in [5.41, 5.74) is -2.07. The summed E-state index contributed by atoms with van der Waals surface area (Å²) in [5, 5.41) is 61.2. The number of azo groups is 1. The molecule has 0 saturated heterocycles. The van der Waals surface area contributed by atoms with Crippen LogP contribution in [0.15, 0.2) is 131 Å². The average molecular weight is 891 g/mol. The third-order valence-corrected chi connectivity index (χ3v) is 9.34. The second-order valence-electron chi connectivity index (χ2n) is 11.5. The molecule has 306 valence electrons. The fraction of sp³-hybridized carbons (Fsp3) is 0.0625. The van der Waals surface area contributed by atoms with Crippen molar-refractivity contribution < 1.29 is 73.3 Å². The molecule has 1 aliphatic heterocycles. The van der Waals surface area contributed by atoms with Crippen molar-refractivity contribution in [3.8, 4) is 11.4 Å². The molecule has 3 aromatic carbocycles. The van der Waals surface area contributed by atoms with Crippen LogP contribution in [0.5, 0.6) is 5.75 Å². The topological polar surface area (TPSA) is 353 Å². The van der Waals surface area contributed by atoms with Gasteiger partial charge in [-0.3, -0.25) is 49.1 Å². The summed E-state index contributed by atoms with van der Waals surface area (Å²) in [7, 11) is -9.96. The number of hydrazone groups is 1. The molecule has 0 unspecified atom stereocenters. The van der Waals surface area contributed by atoms with Crippen molar-refractivity contribution in [2.75, 3.05) is 5.01 Å². The molecule has 0 fully saturated rings. The summed E-state index contributed by atoms with van der Waals surface area (Å²) in [6.07, 6.45) is 1.34. The van der Waals surface area contributed by atoms with Crippen LogP contribution in [0.25, 0.3) is 5.69 Å². The fourth-order valence-corrected chi connectivity index (χ4v) is 6.12. The molecule has 24 nitrogen and oxygen atoms in total. The maximum Gasteiger partial charge on any atom is 0.301 e. The standard InChI is InChI=1S/2C16H13N5O7S.Cr/c2*1-9-14(16(23)20(19-9)10-5-3-2-4-6-10)18-17-12-7-11(21(24)25)8-13(15(12)22)29(26,27)28;/h2-8,24-25H,1H3,(H,26,27,28);2-8,19,22H,1H3,(H,26,27,28);. The van der Waals surface area contributed by atoms with Crippen LogP contribution in [0.3, 0.4) is 0 Å². The van der Waals surface area contributed by atoms with Crippen LogP contribution in [0.2, 0.25) is 0 Å². The van der Waals surface area contributed by atoms with Crippen molar-refractivity contribution in [2.24, 2.45) is 25.5 Å². The second kappa shape index (κ2) is 17.8. The van der Waals surface area contributed by atoms with E-state index in [0.717, 1.165) is 17.2 Å². The second-order valence-corrected chi connectivity index (χ2v) is 14.3. The van der Waals surface area contributed by atoms with E-state index in [0.29, 0.717) is 29.2 Å². The van der Waals surface area contributed by atoms with Crippen molar-refractivity contribution in [1.29, 1.82) is 0 Å². The first-order valence-corrected chi connectivity index (χ1v) is 18.6. The molecular formula is C32H26CrN10O14S2. The van der Waals surface area contributed by atoms with Crippen molar-refractivity contribution in [1.82, 2.24) is 15.0 Å². The smallest absolute Gasteiger partial charge is 0.301 e. The monoisotopic (exact) mass is 890 g/mol. The van der Waals surface area contributed by atoms with Gasteiger partial charge in [0.15, 0.2) is 17.1 Å². The number of aromatic amines is 1. The number of aromatic nitrogens is 2. The first-order chi connectivity index (χ1) is 27.2. The van der Waals surface area contributed by atoms with Gasteiger partial charge in [-0.15, -0.1) is 25.7 Å². The molecule has 1 aliphatic carbocycles. The Morgan fingerprint density at radius 2 is 1.44 bits per heavy atom. The number of nitrogens with zero attached hydrogens (tertiary/aromatic N) is 9. The number of hydroxylamine groups is 2. The number of amides is 1. The van der Waals surface area contributed by atoms with E-state index < -0.39 is 86.0 Å². The van der Waals surface area contributed by atoms with Crippen molar-refractivity contribution in [3.05, 3.63) is 122 Å². The number of nitro benzene ring substituents is 1. The van der Waals surface area contributed by atoms with E-state index >= 15 is 0 Å². The molecule has 1 amide bonds. The number of H-pyrrole nitrogens is 1. The number of para-hydroxylation sites is 2. The molecule has 1 aromatic heterocycles. The molecule has 6 N–H and O–H groups in total. The zero-order chi connectivity index (χ0) is 42.7. The zero-order valence-corrected chi connectivity index (χ0v) is 32.7. The molecule has 2 heterocycles. The number of carbonyl (C=O) groups is 2. The van der Waals surface area contributed by atoms with E-state index in [9.17, 15) is 46.4 Å². The molecule has 0 radical (unpaired) electrons. The van der Waals surface area contributed by atoms with Crippen molar-refractivity contribution >= 4 is 71.8 Å². The van der Waals surface area contributed by atoms with Gasteiger partial charge in [-0.25, -0.2) is 4.68 Å². The quantitative estimate of drug-likeness (QED) is 0.0462. The number of non-ortho nitro benzene ring substituents is 1. The Balaban J connectivity index is 0.000000256. The van der Waals surface area contributed by atoms with Crippen LogP contribution in [0.4, 0.5) is 22.7 Å². The number of carbonyl (C=O) groups excluding carboxylic acids is 2. The van der Waals surface area contributed by atoms with Gasteiger partial charge in [-0.1, -0.05) is 36.4 Å². The number of nitrogens with one attached hydrogen (secondary N) is 1. The minimum absolute atomic E-state index is 0.